The van der Waals surface area contributed by atoms with Gasteiger partial charge in [0.1, 0.15) is 42.1 Å². The fourth-order valence-electron chi connectivity index (χ4n) is 7.85. The molecular formula is C43H59N7O8. The van der Waals surface area contributed by atoms with Crippen LogP contribution in [0.25, 0.3) is 0 Å². The van der Waals surface area contributed by atoms with Crippen molar-refractivity contribution < 1.29 is 38.3 Å². The SMILES string of the molecule is CC[C@H]1NC(=O)[C@@H](NCC(C)C)[C@@H](C)OC(=O)[C@H](c2ccccc2)NC(=O)[C@@H]2CC(=O)CCN2C(=O)[C@H](Cc2ccc(N(C)C)cc2)N(C)C(=O)[C@@H]2CCCN2C1=O. The Balaban J connectivity index is 1.60. The summed E-state index contributed by atoms with van der Waals surface area (Å²) in [6.07, 6.45) is -0.150. The van der Waals surface area contributed by atoms with Gasteiger partial charge in [-0.25, -0.2) is 4.79 Å². The number of hydrogen-bond donors (Lipinski definition) is 3. The molecule has 58 heavy (non-hydrogen) atoms. The van der Waals surface area contributed by atoms with Gasteiger partial charge < -0.3 is 40.3 Å². The van der Waals surface area contributed by atoms with Crippen LogP contribution in [0.2, 0.25) is 0 Å². The molecule has 0 saturated carbocycles. The van der Waals surface area contributed by atoms with Crippen molar-refractivity contribution in [3.05, 3.63) is 65.7 Å². The van der Waals surface area contributed by atoms with Gasteiger partial charge in [-0.2, -0.15) is 0 Å². The van der Waals surface area contributed by atoms with E-state index in [9.17, 15) is 33.6 Å². The summed E-state index contributed by atoms with van der Waals surface area (Å²) in [4.78, 5) is 105. The number of rotatable bonds is 8. The predicted molar refractivity (Wildman–Crippen MR) is 217 cm³/mol. The van der Waals surface area contributed by atoms with Crippen molar-refractivity contribution in [3.8, 4) is 0 Å². The van der Waals surface area contributed by atoms with E-state index in [4.69, 9.17) is 4.74 Å². The lowest BCUT2D eigenvalue weighted by molar-refractivity contribution is -0.157. The molecule has 0 radical (unpaired) electrons. The fourth-order valence-corrected chi connectivity index (χ4v) is 7.85. The van der Waals surface area contributed by atoms with Crippen molar-refractivity contribution in [2.75, 3.05) is 45.7 Å². The number of ketones is 1. The molecule has 3 N–H and O–H groups in total. The van der Waals surface area contributed by atoms with Gasteiger partial charge in [0, 0.05) is 59.2 Å². The van der Waals surface area contributed by atoms with Gasteiger partial charge in [-0.3, -0.25) is 28.8 Å². The molecule has 2 aromatic rings. The van der Waals surface area contributed by atoms with Gasteiger partial charge in [-0.05, 0) is 61.9 Å². The number of hydrogen-bond acceptors (Lipinski definition) is 10. The monoisotopic (exact) mass is 801 g/mol. The molecule has 0 spiro atoms. The number of cyclic esters (lactones) is 1. The van der Waals surface area contributed by atoms with Crippen molar-refractivity contribution in [3.63, 3.8) is 0 Å². The molecule has 3 heterocycles. The quantitative estimate of drug-likeness (QED) is 0.335. The Hall–Kier alpha value is -5.31. The van der Waals surface area contributed by atoms with Crippen LogP contribution < -0.4 is 20.9 Å². The van der Waals surface area contributed by atoms with Gasteiger partial charge in [-0.15, -0.1) is 0 Å². The average Bonchev–Trinajstić information content (AvgIpc) is 3.70. The number of likely N-dealkylation sites (N-methyl/N-ethyl adjacent to an activating group) is 1. The lowest BCUT2D eigenvalue weighted by atomic mass is 9.95. The van der Waals surface area contributed by atoms with Crippen LogP contribution in [0, 0.1) is 5.92 Å². The Labute approximate surface area is 341 Å². The zero-order chi connectivity index (χ0) is 42.3. The third kappa shape index (κ3) is 10.2. The first-order chi connectivity index (χ1) is 27.6. The smallest absolute Gasteiger partial charge is 0.333 e. The van der Waals surface area contributed by atoms with Gasteiger partial charge in [0.05, 0.1) is 0 Å². The highest BCUT2D eigenvalue weighted by molar-refractivity contribution is 5.99. The highest BCUT2D eigenvalue weighted by Crippen LogP contribution is 2.27. The Kier molecular flexibility index (Phi) is 14.7. The lowest BCUT2D eigenvalue weighted by Crippen LogP contribution is -2.61. The molecule has 3 aliphatic rings. The van der Waals surface area contributed by atoms with Crippen LogP contribution >= 0.6 is 0 Å². The highest BCUT2D eigenvalue weighted by Gasteiger charge is 2.45. The number of amides is 5. The summed E-state index contributed by atoms with van der Waals surface area (Å²) in [5.74, 6) is -3.71. The second kappa shape index (κ2) is 19.4. The molecule has 3 saturated heterocycles. The molecule has 2 aromatic carbocycles. The highest BCUT2D eigenvalue weighted by atomic mass is 16.5. The molecule has 3 fully saturated rings. The molecule has 3 aliphatic heterocycles. The van der Waals surface area contributed by atoms with Crippen LogP contribution in [0.4, 0.5) is 5.69 Å². The van der Waals surface area contributed by atoms with Crippen LogP contribution in [0.5, 0.6) is 0 Å². The molecule has 314 valence electrons. The molecule has 15 nitrogen and oxygen atoms in total. The minimum absolute atomic E-state index is 0.00814. The van der Waals surface area contributed by atoms with E-state index in [0.29, 0.717) is 24.9 Å². The number of carbonyl (C=O) groups excluding carboxylic acids is 7. The number of esters is 1. The average molecular weight is 802 g/mol. The number of nitrogens with zero attached hydrogens (tertiary/aromatic N) is 4. The first-order valence-corrected chi connectivity index (χ1v) is 20.4. The fraction of sp³-hybridized carbons (Fsp3) is 0.558. The van der Waals surface area contributed by atoms with Crippen LogP contribution in [-0.4, -0.2) is 133 Å². The van der Waals surface area contributed by atoms with Crippen molar-refractivity contribution in [1.82, 2.24) is 30.7 Å². The third-order valence-corrected chi connectivity index (χ3v) is 11.3. The molecule has 7 atom stereocenters. The number of carbonyl (C=O) groups is 7. The van der Waals surface area contributed by atoms with Crippen molar-refractivity contribution >= 4 is 47.0 Å². The first-order valence-electron chi connectivity index (χ1n) is 20.4. The van der Waals surface area contributed by atoms with E-state index in [1.807, 2.05) is 57.1 Å². The number of Topliss-reactive ketones (excluding diaryl/α,β-unsaturated/α-hetero) is 1. The zero-order valence-electron chi connectivity index (χ0n) is 34.7. The van der Waals surface area contributed by atoms with E-state index in [0.717, 1.165) is 11.3 Å². The molecular weight excluding hydrogens is 743 g/mol. The van der Waals surface area contributed by atoms with E-state index < -0.39 is 77.9 Å². The molecule has 0 aromatic heterocycles. The van der Waals surface area contributed by atoms with Gasteiger partial charge in [0.25, 0.3) is 0 Å². The van der Waals surface area contributed by atoms with Crippen LogP contribution in [-0.2, 0) is 44.7 Å². The number of piperidine rings is 1. The second-order valence-electron chi connectivity index (χ2n) is 16.2. The van der Waals surface area contributed by atoms with Crippen LogP contribution in [0.15, 0.2) is 54.6 Å². The van der Waals surface area contributed by atoms with E-state index in [1.54, 1.807) is 44.2 Å². The summed E-state index contributed by atoms with van der Waals surface area (Å²) in [5, 5.41) is 8.82. The summed E-state index contributed by atoms with van der Waals surface area (Å²) in [6, 6.07) is 9.24. The van der Waals surface area contributed by atoms with Crippen molar-refractivity contribution in [2.24, 2.45) is 5.92 Å². The Morgan fingerprint density at radius 3 is 2.16 bits per heavy atom. The zero-order valence-corrected chi connectivity index (χ0v) is 34.7. The molecule has 5 amide bonds. The topological polar surface area (TPSA) is 178 Å². The third-order valence-electron chi connectivity index (χ3n) is 11.3. The maximum atomic E-state index is 14.9. The normalized spacial score (nSPS) is 26.9. The van der Waals surface area contributed by atoms with Gasteiger partial charge in [0.2, 0.25) is 29.5 Å². The number of nitrogens with one attached hydrogen (secondary N) is 3. The standard InChI is InChI=1S/C43H59N7O8/c1-8-32-40(54)49-21-12-15-33(49)41(55)48(7)35(23-28-16-18-30(19-17-28)47(5)6)42(56)50-22-20-31(51)24-34(50)38(52)46-37(29-13-10-9-11-14-29)43(57)58-27(4)36(39(53)45-32)44-25-26(2)3/h9-11,13-14,16-19,26-27,32-37,44H,8,12,15,20-25H2,1-7H3,(H,45,53)(H,46,52)/t27-,32-,33+,34+,35+,36+,37+/m1/s1. The maximum absolute atomic E-state index is 14.9. The number of benzene rings is 2. The summed E-state index contributed by atoms with van der Waals surface area (Å²) in [7, 11) is 5.35. The van der Waals surface area contributed by atoms with Gasteiger partial charge >= 0.3 is 5.97 Å². The molecule has 15 heteroatoms. The predicted octanol–water partition coefficient (Wildman–Crippen LogP) is 1.99. The van der Waals surface area contributed by atoms with E-state index >= 15 is 0 Å². The minimum atomic E-state index is -1.37. The van der Waals surface area contributed by atoms with Gasteiger partial charge in [0.15, 0.2) is 6.04 Å². The molecule has 0 bridgehead atoms. The number of ether oxygens (including phenoxy) is 1. The summed E-state index contributed by atoms with van der Waals surface area (Å²) in [5.41, 5.74) is 2.08. The summed E-state index contributed by atoms with van der Waals surface area (Å²) in [6.45, 7) is 7.84. The summed E-state index contributed by atoms with van der Waals surface area (Å²) < 4.78 is 5.95. The minimum Gasteiger partial charge on any atom is -0.459 e. The van der Waals surface area contributed by atoms with Crippen LogP contribution in [0.3, 0.4) is 0 Å². The first kappa shape index (κ1) is 43.8. The van der Waals surface area contributed by atoms with E-state index in [1.165, 1.54) is 21.7 Å². The molecule has 0 unspecified atom stereocenters. The Bertz CT molecular complexity index is 1820. The number of fused-ring (bicyclic) bond motifs is 2. The largest absolute Gasteiger partial charge is 0.459 e. The number of anilines is 1. The maximum Gasteiger partial charge on any atom is 0.333 e. The molecule has 5 rings (SSSR count). The van der Waals surface area contributed by atoms with Gasteiger partial charge in [-0.1, -0.05) is 63.2 Å². The lowest BCUT2D eigenvalue weighted by Gasteiger charge is -2.40. The van der Waals surface area contributed by atoms with Crippen molar-refractivity contribution in [1.29, 1.82) is 0 Å². The van der Waals surface area contributed by atoms with Crippen molar-refractivity contribution in [2.45, 2.75) is 109 Å². The van der Waals surface area contributed by atoms with Crippen LogP contribution in [0.1, 0.15) is 77.0 Å². The Morgan fingerprint density at radius 1 is 0.845 bits per heavy atom. The molecule has 0 aliphatic carbocycles. The van der Waals surface area contributed by atoms with E-state index in [2.05, 4.69) is 16.0 Å². The summed E-state index contributed by atoms with van der Waals surface area (Å²) >= 11 is 0. The Morgan fingerprint density at radius 2 is 1.52 bits per heavy atom. The second-order valence-corrected chi connectivity index (χ2v) is 16.2. The van der Waals surface area contributed by atoms with E-state index in [-0.39, 0.29) is 50.5 Å².